The Balaban J connectivity index is 1.79. The summed E-state index contributed by atoms with van der Waals surface area (Å²) in [5.74, 6) is -1.88. The molecule has 0 atom stereocenters. The van der Waals surface area contributed by atoms with Gasteiger partial charge < -0.3 is 0 Å². The Hall–Kier alpha value is -3.87. The van der Waals surface area contributed by atoms with Crippen LogP contribution in [0.1, 0.15) is 23.1 Å². The summed E-state index contributed by atoms with van der Waals surface area (Å²) < 4.78 is 54.9. The number of halogens is 4. The number of rotatable bonds is 4. The van der Waals surface area contributed by atoms with Crippen molar-refractivity contribution in [3.63, 3.8) is 0 Å². The highest BCUT2D eigenvalue weighted by atomic mass is 19.3. The first-order valence-corrected chi connectivity index (χ1v) is 8.27. The maximum atomic E-state index is 14.2. The number of hydrogen-bond acceptors (Lipinski definition) is 5. The molecule has 3 aromatic heterocycles. The minimum Gasteiger partial charge on any atom is -0.263 e. The third kappa shape index (κ3) is 3.50. The molecule has 3 heterocycles. The molecule has 0 aliphatic rings. The average molecular weight is 398 g/mol. The molecule has 6 nitrogen and oxygen atoms in total. The summed E-state index contributed by atoms with van der Waals surface area (Å²) in [5.41, 5.74) is 0.490. The first-order valence-electron chi connectivity index (χ1n) is 8.27. The van der Waals surface area contributed by atoms with Crippen LogP contribution in [0.15, 0.2) is 42.9 Å². The normalized spacial score (nSPS) is 11.2. The zero-order valence-corrected chi connectivity index (χ0v) is 14.5. The van der Waals surface area contributed by atoms with Crippen LogP contribution in [0.25, 0.3) is 22.4 Å². The summed E-state index contributed by atoms with van der Waals surface area (Å²) in [6.07, 6.45) is 1.10. The summed E-state index contributed by atoms with van der Waals surface area (Å²) in [4.78, 5) is 12.2. The van der Waals surface area contributed by atoms with Crippen LogP contribution < -0.4 is 0 Å². The fraction of sp³-hybridized carbons (Fsp3) is 0.105. The van der Waals surface area contributed by atoms with Crippen LogP contribution in [0.3, 0.4) is 0 Å². The standard InChI is InChI=1S/C19H10F4N6/c20-14-2-1-12(4-13(14)17(21)22)15-8-26-16-18(23)28-29(19(16)27-15)9-11-3-10(5-24)6-25-7-11/h1-4,6-8,17H,9H2. The molecule has 0 amide bonds. The molecule has 0 saturated heterocycles. The van der Waals surface area contributed by atoms with Crippen molar-refractivity contribution in [2.24, 2.45) is 0 Å². The van der Waals surface area contributed by atoms with E-state index in [4.69, 9.17) is 5.26 Å². The summed E-state index contributed by atoms with van der Waals surface area (Å²) >= 11 is 0. The van der Waals surface area contributed by atoms with E-state index in [-0.39, 0.29) is 29.0 Å². The van der Waals surface area contributed by atoms with Crippen molar-refractivity contribution in [2.75, 3.05) is 0 Å². The Labute approximate surface area is 161 Å². The van der Waals surface area contributed by atoms with Crippen molar-refractivity contribution in [1.82, 2.24) is 24.7 Å². The Morgan fingerprint density at radius 2 is 1.93 bits per heavy atom. The summed E-state index contributed by atoms with van der Waals surface area (Å²) in [5, 5.41) is 12.7. The van der Waals surface area contributed by atoms with E-state index in [1.54, 1.807) is 6.07 Å². The lowest BCUT2D eigenvalue weighted by atomic mass is 10.1. The molecule has 0 saturated carbocycles. The fourth-order valence-corrected chi connectivity index (χ4v) is 2.83. The van der Waals surface area contributed by atoms with Gasteiger partial charge in [0.1, 0.15) is 11.9 Å². The Kier molecular flexibility index (Phi) is 4.64. The van der Waals surface area contributed by atoms with Gasteiger partial charge >= 0.3 is 0 Å². The van der Waals surface area contributed by atoms with Crippen LogP contribution in [0, 0.1) is 23.1 Å². The molecule has 0 unspecified atom stereocenters. The molecule has 29 heavy (non-hydrogen) atoms. The molecule has 0 bridgehead atoms. The number of pyridine rings is 1. The van der Waals surface area contributed by atoms with Crippen molar-refractivity contribution in [2.45, 2.75) is 13.0 Å². The molecule has 1 aromatic carbocycles. The lowest BCUT2D eigenvalue weighted by Crippen LogP contribution is -2.04. The quantitative estimate of drug-likeness (QED) is 0.485. The van der Waals surface area contributed by atoms with Gasteiger partial charge in [0.05, 0.1) is 29.6 Å². The largest absolute Gasteiger partial charge is 0.266 e. The van der Waals surface area contributed by atoms with E-state index in [0.29, 0.717) is 11.1 Å². The number of fused-ring (bicyclic) bond motifs is 1. The van der Waals surface area contributed by atoms with Crippen molar-refractivity contribution in [3.8, 4) is 17.3 Å². The zero-order valence-electron chi connectivity index (χ0n) is 14.5. The molecule has 0 aliphatic carbocycles. The fourth-order valence-electron chi connectivity index (χ4n) is 2.83. The Morgan fingerprint density at radius 3 is 2.69 bits per heavy atom. The first-order chi connectivity index (χ1) is 14.0. The molecule has 0 aliphatic heterocycles. The van der Waals surface area contributed by atoms with Crippen LogP contribution in [0.4, 0.5) is 17.6 Å². The summed E-state index contributed by atoms with van der Waals surface area (Å²) in [7, 11) is 0. The molecule has 4 aromatic rings. The lowest BCUT2D eigenvalue weighted by molar-refractivity contribution is 0.146. The monoisotopic (exact) mass is 398 g/mol. The Morgan fingerprint density at radius 1 is 1.10 bits per heavy atom. The number of alkyl halides is 2. The van der Waals surface area contributed by atoms with Gasteiger partial charge in [0.2, 0.25) is 0 Å². The lowest BCUT2D eigenvalue weighted by Gasteiger charge is -2.07. The maximum absolute atomic E-state index is 14.2. The summed E-state index contributed by atoms with van der Waals surface area (Å²) in [6.45, 7) is 0.0623. The maximum Gasteiger partial charge on any atom is 0.266 e. The van der Waals surface area contributed by atoms with Gasteiger partial charge in [0.15, 0.2) is 11.2 Å². The average Bonchev–Trinajstić information content (AvgIpc) is 3.03. The number of nitriles is 1. The van der Waals surface area contributed by atoms with Gasteiger partial charge in [-0.2, -0.15) is 9.65 Å². The van der Waals surface area contributed by atoms with E-state index in [1.165, 1.54) is 29.3 Å². The topological polar surface area (TPSA) is 80.3 Å². The van der Waals surface area contributed by atoms with Crippen molar-refractivity contribution in [3.05, 3.63) is 71.3 Å². The van der Waals surface area contributed by atoms with Gasteiger partial charge in [0.25, 0.3) is 12.4 Å². The van der Waals surface area contributed by atoms with E-state index in [9.17, 15) is 17.6 Å². The minimum atomic E-state index is -2.99. The van der Waals surface area contributed by atoms with Gasteiger partial charge in [-0.25, -0.2) is 27.8 Å². The second-order valence-corrected chi connectivity index (χ2v) is 6.11. The number of aromatic nitrogens is 5. The third-order valence-corrected chi connectivity index (χ3v) is 4.19. The van der Waals surface area contributed by atoms with Gasteiger partial charge in [-0.15, -0.1) is 5.10 Å². The molecule has 0 radical (unpaired) electrons. The molecule has 144 valence electrons. The smallest absolute Gasteiger partial charge is 0.263 e. The van der Waals surface area contributed by atoms with Crippen LogP contribution in [-0.4, -0.2) is 24.7 Å². The van der Waals surface area contributed by atoms with E-state index < -0.39 is 23.8 Å². The molecule has 0 N–H and O–H groups in total. The number of nitrogens with zero attached hydrogens (tertiary/aromatic N) is 6. The van der Waals surface area contributed by atoms with E-state index >= 15 is 0 Å². The van der Waals surface area contributed by atoms with Gasteiger partial charge in [-0.1, -0.05) is 0 Å². The van der Waals surface area contributed by atoms with Gasteiger partial charge in [-0.3, -0.25) is 4.98 Å². The second kappa shape index (κ2) is 7.27. The van der Waals surface area contributed by atoms with Crippen LogP contribution in [0.2, 0.25) is 0 Å². The highest BCUT2D eigenvalue weighted by Crippen LogP contribution is 2.28. The molecular formula is C19H10F4N6. The zero-order chi connectivity index (χ0) is 20.5. The Bertz CT molecular complexity index is 1260. The predicted octanol–water partition coefficient (Wildman–Crippen LogP) is 4.02. The molecule has 10 heteroatoms. The SMILES string of the molecule is N#Cc1cncc(Cn2nc(F)c3ncc(-c4ccc(F)c(C(F)F)c4)nc32)c1. The van der Waals surface area contributed by atoms with E-state index in [1.807, 2.05) is 6.07 Å². The predicted molar refractivity (Wildman–Crippen MR) is 93.7 cm³/mol. The highest BCUT2D eigenvalue weighted by molar-refractivity contribution is 5.74. The summed E-state index contributed by atoms with van der Waals surface area (Å²) in [6, 6.07) is 6.71. The van der Waals surface area contributed by atoms with Crippen LogP contribution in [0.5, 0.6) is 0 Å². The van der Waals surface area contributed by atoms with Crippen LogP contribution >= 0.6 is 0 Å². The number of benzene rings is 1. The van der Waals surface area contributed by atoms with Crippen LogP contribution in [-0.2, 0) is 6.54 Å². The minimum absolute atomic E-state index is 0.0623. The molecule has 4 rings (SSSR count). The van der Waals surface area contributed by atoms with Crippen molar-refractivity contribution in [1.29, 1.82) is 5.26 Å². The first kappa shape index (κ1) is 18.5. The third-order valence-electron chi connectivity index (χ3n) is 4.19. The van der Waals surface area contributed by atoms with Gasteiger partial charge in [-0.05, 0) is 29.8 Å². The van der Waals surface area contributed by atoms with Gasteiger partial charge in [0, 0.05) is 18.0 Å². The van der Waals surface area contributed by atoms with E-state index in [2.05, 4.69) is 20.1 Å². The van der Waals surface area contributed by atoms with Crippen molar-refractivity contribution < 1.29 is 17.6 Å². The molecular weight excluding hydrogens is 388 g/mol. The second-order valence-electron chi connectivity index (χ2n) is 6.11. The van der Waals surface area contributed by atoms with Crippen molar-refractivity contribution >= 4 is 11.2 Å². The number of hydrogen-bond donors (Lipinski definition) is 0. The van der Waals surface area contributed by atoms with E-state index in [0.717, 1.165) is 12.1 Å². The molecule has 0 spiro atoms. The highest BCUT2D eigenvalue weighted by Gasteiger charge is 2.18. The molecule has 0 fully saturated rings.